The molecule has 4 heteroatoms. The second-order valence-electron chi connectivity index (χ2n) is 5.28. The van der Waals surface area contributed by atoms with Crippen LogP contribution in [0.2, 0.25) is 0 Å². The first kappa shape index (κ1) is 16.5. The molecule has 0 atom stereocenters. The molecule has 0 unspecified atom stereocenters. The molecule has 0 fully saturated rings. The highest BCUT2D eigenvalue weighted by Gasteiger charge is 2.07. The molecule has 0 aliphatic heterocycles. The number of pyridine rings is 1. The average molecular weight is 330 g/mol. The number of para-hydroxylation sites is 2. The zero-order valence-corrected chi connectivity index (χ0v) is 13.9. The topological polar surface area (TPSA) is 43.7 Å². The summed E-state index contributed by atoms with van der Waals surface area (Å²) in [5, 5.41) is 0. The predicted molar refractivity (Wildman–Crippen MR) is 99.2 cm³/mol. The van der Waals surface area contributed by atoms with Gasteiger partial charge in [0.25, 0.3) is 0 Å². The minimum absolute atomic E-state index is 0.454. The van der Waals surface area contributed by atoms with Crippen LogP contribution in [0.4, 0.5) is 5.69 Å². The molecular weight excluding hydrogens is 312 g/mol. The molecule has 25 heavy (non-hydrogen) atoms. The van der Waals surface area contributed by atoms with Crippen molar-refractivity contribution in [3.8, 4) is 11.5 Å². The fourth-order valence-electron chi connectivity index (χ4n) is 2.03. The molecule has 3 aromatic rings. The Balaban J connectivity index is 1.86. The van der Waals surface area contributed by atoms with Gasteiger partial charge in [0.15, 0.2) is 0 Å². The largest absolute Gasteiger partial charge is 0.465 e. The summed E-state index contributed by atoms with van der Waals surface area (Å²) in [6.07, 6.45) is 5.02. The Labute approximate surface area is 147 Å². The molecule has 2 aromatic carbocycles. The molecule has 0 amide bonds. The monoisotopic (exact) mass is 330 g/mol. The van der Waals surface area contributed by atoms with Crippen molar-refractivity contribution >= 4 is 11.6 Å². The highest BCUT2D eigenvalue weighted by Crippen LogP contribution is 2.17. The molecule has 0 spiro atoms. The van der Waals surface area contributed by atoms with Crippen LogP contribution in [0.3, 0.4) is 0 Å². The van der Waals surface area contributed by atoms with Crippen LogP contribution in [-0.4, -0.2) is 10.9 Å². The van der Waals surface area contributed by atoms with Gasteiger partial charge < -0.3 is 9.47 Å². The summed E-state index contributed by atoms with van der Waals surface area (Å²) in [4.78, 5) is 8.63. The standard InChI is InChI=1S/C21H18N2O2/c1-17(16-24-19-10-4-2-5-11-19)21(23-18-9-8-14-22-15-18)25-20-12-6-3-7-13-20/h2-16H,1H3. The fraction of sp³-hybridized carbons (Fsp3) is 0.0476. The van der Waals surface area contributed by atoms with E-state index >= 15 is 0 Å². The van der Waals surface area contributed by atoms with E-state index in [0.717, 1.165) is 11.3 Å². The van der Waals surface area contributed by atoms with Crippen LogP contribution < -0.4 is 9.47 Å². The third kappa shape index (κ3) is 5.04. The van der Waals surface area contributed by atoms with Gasteiger partial charge in [-0.15, -0.1) is 0 Å². The SMILES string of the molecule is CC(=COc1ccccc1)C(=Nc1cccnc1)Oc1ccccc1. The number of nitrogens with zero attached hydrogens (tertiary/aromatic N) is 2. The van der Waals surface area contributed by atoms with E-state index in [2.05, 4.69) is 9.98 Å². The van der Waals surface area contributed by atoms with Gasteiger partial charge in [-0.05, 0) is 43.3 Å². The molecule has 124 valence electrons. The van der Waals surface area contributed by atoms with Crippen molar-refractivity contribution in [3.05, 3.63) is 97.0 Å². The Hall–Kier alpha value is -3.40. The van der Waals surface area contributed by atoms with Gasteiger partial charge in [-0.2, -0.15) is 0 Å². The van der Waals surface area contributed by atoms with E-state index in [-0.39, 0.29) is 0 Å². The van der Waals surface area contributed by atoms with E-state index in [9.17, 15) is 0 Å². The van der Waals surface area contributed by atoms with Crippen molar-refractivity contribution in [1.29, 1.82) is 0 Å². The lowest BCUT2D eigenvalue weighted by Crippen LogP contribution is -2.10. The summed E-state index contributed by atoms with van der Waals surface area (Å²) < 4.78 is 11.6. The van der Waals surface area contributed by atoms with Gasteiger partial charge in [0.1, 0.15) is 11.5 Å². The first-order chi connectivity index (χ1) is 12.3. The highest BCUT2D eigenvalue weighted by molar-refractivity contribution is 5.96. The molecular formula is C21H18N2O2. The minimum Gasteiger partial charge on any atom is -0.465 e. The Morgan fingerprint density at radius 3 is 2.20 bits per heavy atom. The lowest BCUT2D eigenvalue weighted by atomic mass is 10.3. The molecule has 0 bridgehead atoms. The average Bonchev–Trinajstić information content (AvgIpc) is 2.68. The lowest BCUT2D eigenvalue weighted by molar-refractivity contribution is 0.473. The van der Waals surface area contributed by atoms with Crippen LogP contribution in [-0.2, 0) is 0 Å². The summed E-state index contributed by atoms with van der Waals surface area (Å²) in [7, 11) is 0. The first-order valence-electron chi connectivity index (χ1n) is 7.92. The Bertz CT molecular complexity index is 845. The van der Waals surface area contributed by atoms with E-state index in [1.54, 1.807) is 18.7 Å². The second-order valence-corrected chi connectivity index (χ2v) is 5.28. The van der Waals surface area contributed by atoms with Crippen LogP contribution in [0.25, 0.3) is 0 Å². The molecule has 0 aliphatic rings. The lowest BCUT2D eigenvalue weighted by Gasteiger charge is -2.10. The molecule has 3 rings (SSSR count). The summed E-state index contributed by atoms with van der Waals surface area (Å²) in [6.45, 7) is 1.89. The van der Waals surface area contributed by atoms with Crippen molar-refractivity contribution in [2.24, 2.45) is 4.99 Å². The van der Waals surface area contributed by atoms with Gasteiger partial charge in [0, 0.05) is 11.8 Å². The maximum atomic E-state index is 5.94. The third-order valence-corrected chi connectivity index (χ3v) is 3.29. The van der Waals surface area contributed by atoms with Gasteiger partial charge in [-0.1, -0.05) is 36.4 Å². The predicted octanol–water partition coefficient (Wildman–Crippen LogP) is 5.17. The quantitative estimate of drug-likeness (QED) is 0.368. The number of aromatic nitrogens is 1. The van der Waals surface area contributed by atoms with Crippen LogP contribution in [0, 0.1) is 0 Å². The molecule has 0 radical (unpaired) electrons. The molecule has 0 N–H and O–H groups in total. The molecule has 0 saturated heterocycles. The number of aliphatic imine (C=N–C) groups is 1. The van der Waals surface area contributed by atoms with Crippen molar-refractivity contribution < 1.29 is 9.47 Å². The van der Waals surface area contributed by atoms with Crippen LogP contribution in [0.15, 0.2) is 102 Å². The maximum Gasteiger partial charge on any atom is 0.225 e. The van der Waals surface area contributed by atoms with Crippen LogP contribution in [0.1, 0.15) is 6.92 Å². The van der Waals surface area contributed by atoms with E-state index in [4.69, 9.17) is 9.47 Å². The third-order valence-electron chi connectivity index (χ3n) is 3.29. The number of benzene rings is 2. The van der Waals surface area contributed by atoms with E-state index in [1.807, 2.05) is 79.7 Å². The Morgan fingerprint density at radius 1 is 0.880 bits per heavy atom. The van der Waals surface area contributed by atoms with Crippen molar-refractivity contribution in [2.75, 3.05) is 0 Å². The molecule has 1 aromatic heterocycles. The molecule has 0 saturated carbocycles. The van der Waals surface area contributed by atoms with Gasteiger partial charge in [-0.3, -0.25) is 4.98 Å². The fourth-order valence-corrected chi connectivity index (χ4v) is 2.03. The van der Waals surface area contributed by atoms with Gasteiger partial charge in [0.2, 0.25) is 5.90 Å². The second kappa shape index (κ2) is 8.45. The smallest absolute Gasteiger partial charge is 0.225 e. The van der Waals surface area contributed by atoms with Gasteiger partial charge in [0.05, 0.1) is 18.1 Å². The maximum absolute atomic E-state index is 5.94. The Kier molecular flexibility index (Phi) is 5.56. The van der Waals surface area contributed by atoms with Crippen molar-refractivity contribution in [2.45, 2.75) is 6.92 Å². The Morgan fingerprint density at radius 2 is 1.56 bits per heavy atom. The summed E-state index contributed by atoms with van der Waals surface area (Å²) in [5.41, 5.74) is 1.47. The minimum atomic E-state index is 0.454. The van der Waals surface area contributed by atoms with Crippen molar-refractivity contribution in [3.63, 3.8) is 0 Å². The number of ether oxygens (including phenoxy) is 2. The summed E-state index contributed by atoms with van der Waals surface area (Å²) in [5.74, 6) is 1.91. The van der Waals surface area contributed by atoms with Gasteiger partial charge >= 0.3 is 0 Å². The van der Waals surface area contributed by atoms with E-state index in [0.29, 0.717) is 17.3 Å². The van der Waals surface area contributed by atoms with E-state index in [1.165, 1.54) is 0 Å². The number of hydrogen-bond donors (Lipinski definition) is 0. The van der Waals surface area contributed by atoms with Crippen molar-refractivity contribution in [1.82, 2.24) is 4.98 Å². The molecule has 0 aliphatic carbocycles. The highest BCUT2D eigenvalue weighted by atomic mass is 16.5. The molecule has 1 heterocycles. The zero-order valence-electron chi connectivity index (χ0n) is 13.9. The summed E-state index contributed by atoms with van der Waals surface area (Å²) >= 11 is 0. The normalized spacial score (nSPS) is 11.9. The number of rotatable bonds is 5. The van der Waals surface area contributed by atoms with Gasteiger partial charge in [-0.25, -0.2) is 4.99 Å². The van der Waals surface area contributed by atoms with E-state index < -0.39 is 0 Å². The molecule has 4 nitrogen and oxygen atoms in total. The first-order valence-corrected chi connectivity index (χ1v) is 7.92. The number of hydrogen-bond acceptors (Lipinski definition) is 4. The van der Waals surface area contributed by atoms with Crippen LogP contribution in [0.5, 0.6) is 11.5 Å². The zero-order chi connectivity index (χ0) is 17.3. The summed E-state index contributed by atoms with van der Waals surface area (Å²) in [6, 6.07) is 22.8. The van der Waals surface area contributed by atoms with Crippen LogP contribution >= 0.6 is 0 Å².